The minimum atomic E-state index is -3.78. The topological polar surface area (TPSA) is 110 Å². The van der Waals surface area contributed by atoms with E-state index in [4.69, 9.17) is 20.5 Å². The van der Waals surface area contributed by atoms with Gasteiger partial charge >= 0.3 is 5.97 Å². The highest BCUT2D eigenvalue weighted by Crippen LogP contribution is 2.18. The molecule has 1 aromatic rings. The Balaban J connectivity index is 2.22. The Hall–Kier alpha value is -1.80. The summed E-state index contributed by atoms with van der Waals surface area (Å²) < 4.78 is 27.4. The van der Waals surface area contributed by atoms with E-state index in [1.807, 2.05) is 0 Å². The van der Waals surface area contributed by atoms with Crippen LogP contribution in [0.15, 0.2) is 29.2 Å². The Morgan fingerprint density at radius 1 is 1.13 bits per heavy atom. The minimum absolute atomic E-state index is 0.0441. The third-order valence-corrected chi connectivity index (χ3v) is 4.23. The molecule has 2 N–H and O–H groups in total. The van der Waals surface area contributed by atoms with E-state index in [9.17, 15) is 18.0 Å². The largest absolute Gasteiger partial charge is 0.484 e. The number of halogens is 1. The van der Waals surface area contributed by atoms with Crippen molar-refractivity contribution in [3.8, 4) is 5.75 Å². The number of carbonyl (C=O) groups is 2. The van der Waals surface area contributed by atoms with Crippen LogP contribution in [0.4, 0.5) is 0 Å². The lowest BCUT2D eigenvalue weighted by atomic mass is 10.2. The van der Waals surface area contributed by atoms with Crippen LogP contribution in [0.2, 0.25) is 0 Å². The molecule has 0 fully saturated rings. The standard InChI is InChI=1S/C14H18ClNO6S/c15-23(20,21)12-7-5-11(6-8-12)22-10-13(17)16-9-3-1-2-4-14(18)19/h5-8H,1-4,9-10H2,(H,16,17)(H,18,19). The summed E-state index contributed by atoms with van der Waals surface area (Å²) in [5.41, 5.74) is 0. The second-order valence-electron chi connectivity index (χ2n) is 4.75. The maximum Gasteiger partial charge on any atom is 0.303 e. The second kappa shape index (κ2) is 9.36. The van der Waals surface area contributed by atoms with Gasteiger partial charge in [0.15, 0.2) is 6.61 Å². The van der Waals surface area contributed by atoms with Crippen molar-refractivity contribution in [2.75, 3.05) is 13.2 Å². The van der Waals surface area contributed by atoms with Crippen molar-refractivity contribution in [2.45, 2.75) is 30.6 Å². The molecule has 1 amide bonds. The van der Waals surface area contributed by atoms with Crippen LogP contribution in [0, 0.1) is 0 Å². The van der Waals surface area contributed by atoms with Crippen LogP contribution in [0.1, 0.15) is 25.7 Å². The van der Waals surface area contributed by atoms with Gasteiger partial charge < -0.3 is 15.2 Å². The van der Waals surface area contributed by atoms with Crippen molar-refractivity contribution in [3.05, 3.63) is 24.3 Å². The second-order valence-corrected chi connectivity index (χ2v) is 7.32. The molecule has 1 aromatic carbocycles. The Morgan fingerprint density at radius 2 is 1.78 bits per heavy atom. The molecule has 0 heterocycles. The molecule has 0 saturated carbocycles. The van der Waals surface area contributed by atoms with Crippen molar-refractivity contribution >= 4 is 31.6 Å². The number of rotatable bonds is 10. The third-order valence-electron chi connectivity index (χ3n) is 2.86. The molecular weight excluding hydrogens is 346 g/mol. The van der Waals surface area contributed by atoms with Gasteiger partial charge in [-0.15, -0.1) is 0 Å². The maximum atomic E-state index is 11.5. The highest BCUT2D eigenvalue weighted by molar-refractivity contribution is 8.13. The van der Waals surface area contributed by atoms with Gasteiger partial charge in [0.2, 0.25) is 0 Å². The first kappa shape index (κ1) is 19.2. The van der Waals surface area contributed by atoms with E-state index in [-0.39, 0.29) is 23.8 Å². The van der Waals surface area contributed by atoms with Crippen molar-refractivity contribution in [2.24, 2.45) is 0 Å². The molecular formula is C14H18ClNO6S. The number of carboxylic acids is 1. The minimum Gasteiger partial charge on any atom is -0.484 e. The van der Waals surface area contributed by atoms with E-state index < -0.39 is 15.0 Å². The Kier molecular flexibility index (Phi) is 7.84. The fourth-order valence-electron chi connectivity index (χ4n) is 1.70. The number of carbonyl (C=O) groups excluding carboxylic acids is 1. The van der Waals surface area contributed by atoms with Gasteiger partial charge in [-0.3, -0.25) is 9.59 Å². The predicted molar refractivity (Wildman–Crippen MR) is 84.1 cm³/mol. The molecule has 0 unspecified atom stereocenters. The molecule has 0 aliphatic carbocycles. The predicted octanol–water partition coefficient (Wildman–Crippen LogP) is 1.75. The van der Waals surface area contributed by atoms with Gasteiger partial charge in [0.05, 0.1) is 4.90 Å². The van der Waals surface area contributed by atoms with Gasteiger partial charge in [0, 0.05) is 23.6 Å². The molecule has 0 aromatic heterocycles. The number of hydrogen-bond acceptors (Lipinski definition) is 5. The Bertz CT molecular complexity index is 629. The molecule has 7 nitrogen and oxygen atoms in total. The zero-order valence-corrected chi connectivity index (χ0v) is 13.9. The zero-order chi connectivity index (χ0) is 17.3. The highest BCUT2D eigenvalue weighted by atomic mass is 35.7. The SMILES string of the molecule is O=C(O)CCCCCNC(=O)COc1ccc(S(=O)(=O)Cl)cc1. The van der Waals surface area contributed by atoms with Crippen LogP contribution in [0.25, 0.3) is 0 Å². The van der Waals surface area contributed by atoms with Crippen molar-refractivity contribution in [1.29, 1.82) is 0 Å². The van der Waals surface area contributed by atoms with Crippen molar-refractivity contribution < 1.29 is 27.9 Å². The summed E-state index contributed by atoms with van der Waals surface area (Å²) in [7, 11) is 1.41. The number of amides is 1. The molecule has 0 bridgehead atoms. The fourth-order valence-corrected chi connectivity index (χ4v) is 2.47. The van der Waals surface area contributed by atoms with Crippen LogP contribution in [0.3, 0.4) is 0 Å². The van der Waals surface area contributed by atoms with E-state index in [0.29, 0.717) is 25.1 Å². The first-order chi connectivity index (χ1) is 10.8. The van der Waals surface area contributed by atoms with Gasteiger partial charge in [0.25, 0.3) is 15.0 Å². The summed E-state index contributed by atoms with van der Waals surface area (Å²) in [5.74, 6) is -0.779. The van der Waals surface area contributed by atoms with E-state index in [0.717, 1.165) is 6.42 Å². The molecule has 23 heavy (non-hydrogen) atoms. The van der Waals surface area contributed by atoms with Crippen molar-refractivity contribution in [3.63, 3.8) is 0 Å². The third kappa shape index (κ3) is 8.41. The van der Waals surface area contributed by atoms with E-state index in [1.54, 1.807) is 0 Å². The number of carboxylic acid groups (broad SMARTS) is 1. The summed E-state index contributed by atoms with van der Waals surface area (Å²) in [6.45, 7) is 0.257. The quantitative estimate of drug-likeness (QED) is 0.484. The first-order valence-electron chi connectivity index (χ1n) is 6.95. The number of unbranched alkanes of at least 4 members (excludes halogenated alkanes) is 2. The molecule has 0 atom stereocenters. The first-order valence-corrected chi connectivity index (χ1v) is 9.26. The van der Waals surface area contributed by atoms with E-state index in [2.05, 4.69) is 5.32 Å². The van der Waals surface area contributed by atoms with Gasteiger partial charge in [-0.25, -0.2) is 8.42 Å². The average molecular weight is 364 g/mol. The molecule has 128 valence electrons. The number of nitrogens with one attached hydrogen (secondary N) is 1. The summed E-state index contributed by atoms with van der Waals surface area (Å²) in [6.07, 6.45) is 2.13. The molecule has 1 rings (SSSR count). The van der Waals surface area contributed by atoms with Crippen LogP contribution in [-0.4, -0.2) is 38.6 Å². The van der Waals surface area contributed by atoms with Crippen LogP contribution >= 0.6 is 10.7 Å². The van der Waals surface area contributed by atoms with Crippen LogP contribution in [0.5, 0.6) is 5.75 Å². The van der Waals surface area contributed by atoms with E-state index in [1.165, 1.54) is 24.3 Å². The molecule has 9 heteroatoms. The van der Waals surface area contributed by atoms with E-state index >= 15 is 0 Å². The van der Waals surface area contributed by atoms with Gasteiger partial charge in [-0.05, 0) is 37.1 Å². The summed E-state index contributed by atoms with van der Waals surface area (Å²) in [5, 5.41) is 11.1. The molecule has 0 spiro atoms. The smallest absolute Gasteiger partial charge is 0.303 e. The van der Waals surface area contributed by atoms with Gasteiger partial charge in [0.1, 0.15) is 5.75 Å². The molecule has 0 aliphatic heterocycles. The summed E-state index contributed by atoms with van der Waals surface area (Å²) in [6, 6.07) is 5.40. The lowest BCUT2D eigenvalue weighted by Gasteiger charge is -2.07. The van der Waals surface area contributed by atoms with Crippen molar-refractivity contribution in [1.82, 2.24) is 5.32 Å². The number of ether oxygens (including phenoxy) is 1. The lowest BCUT2D eigenvalue weighted by Crippen LogP contribution is -2.29. The normalized spacial score (nSPS) is 11.0. The monoisotopic (exact) mass is 363 g/mol. The van der Waals surface area contributed by atoms with Gasteiger partial charge in [-0.2, -0.15) is 0 Å². The van der Waals surface area contributed by atoms with Crippen LogP contribution < -0.4 is 10.1 Å². The van der Waals surface area contributed by atoms with Gasteiger partial charge in [-0.1, -0.05) is 6.42 Å². The highest BCUT2D eigenvalue weighted by Gasteiger charge is 2.09. The molecule has 0 aliphatic rings. The zero-order valence-electron chi connectivity index (χ0n) is 12.3. The fraction of sp³-hybridized carbons (Fsp3) is 0.429. The molecule has 0 radical (unpaired) electrons. The number of benzene rings is 1. The maximum absolute atomic E-state index is 11.5. The summed E-state index contributed by atoms with van der Waals surface area (Å²) in [4.78, 5) is 21.8. The Morgan fingerprint density at radius 3 is 2.35 bits per heavy atom. The molecule has 0 saturated heterocycles. The lowest BCUT2D eigenvalue weighted by molar-refractivity contribution is -0.137. The number of aliphatic carboxylic acids is 1. The Labute approximate surface area is 139 Å². The van der Waals surface area contributed by atoms with Crippen LogP contribution in [-0.2, 0) is 18.6 Å². The summed E-state index contributed by atoms with van der Waals surface area (Å²) >= 11 is 0. The number of hydrogen-bond donors (Lipinski definition) is 2. The average Bonchev–Trinajstić information content (AvgIpc) is 2.48.